The second kappa shape index (κ2) is 10.5. The molecule has 6 nitrogen and oxygen atoms in total. The summed E-state index contributed by atoms with van der Waals surface area (Å²) in [5, 5.41) is 4.18. The molecular weight excluding hydrogens is 522 g/mol. The van der Waals surface area contributed by atoms with Crippen molar-refractivity contribution in [1.82, 2.24) is 10.0 Å². The Labute approximate surface area is 186 Å². The van der Waals surface area contributed by atoms with Crippen molar-refractivity contribution in [2.24, 2.45) is 10.7 Å². The van der Waals surface area contributed by atoms with Crippen molar-refractivity contribution in [3.8, 4) is 0 Å². The van der Waals surface area contributed by atoms with Crippen LogP contribution in [0.15, 0.2) is 52.4 Å². The Hall–Kier alpha value is -1.07. The average molecular weight is 543 g/mol. The molecule has 1 atom stereocenters. The fourth-order valence-corrected chi connectivity index (χ4v) is 3.57. The molecule has 0 radical (unpaired) electrons. The first-order chi connectivity index (χ1) is 12.2. The summed E-state index contributed by atoms with van der Waals surface area (Å²) in [6.07, 6.45) is 0. The van der Waals surface area contributed by atoms with Crippen LogP contribution in [0, 0.1) is 0 Å². The first-order valence-electron chi connectivity index (χ1n) is 7.77. The van der Waals surface area contributed by atoms with Crippen molar-refractivity contribution in [2.45, 2.75) is 24.4 Å². The summed E-state index contributed by atoms with van der Waals surface area (Å²) < 4.78 is 25.7. The van der Waals surface area contributed by atoms with E-state index >= 15 is 0 Å². The van der Waals surface area contributed by atoms with Crippen LogP contribution in [0.3, 0.4) is 0 Å². The van der Waals surface area contributed by atoms with Gasteiger partial charge in [0, 0.05) is 10.0 Å². The third-order valence-electron chi connectivity index (χ3n) is 3.73. The molecule has 0 aromatic heterocycles. The Balaban J connectivity index is 0.00000364. The predicted octanol–water partition coefficient (Wildman–Crippen LogP) is 3.69. The van der Waals surface area contributed by atoms with Gasteiger partial charge < -0.3 is 11.1 Å². The summed E-state index contributed by atoms with van der Waals surface area (Å²) in [6.45, 7) is 2.23. The van der Waals surface area contributed by atoms with Gasteiger partial charge in [0.2, 0.25) is 10.0 Å². The van der Waals surface area contributed by atoms with E-state index < -0.39 is 10.0 Å². The number of nitrogens with one attached hydrogen (secondary N) is 2. The zero-order valence-corrected chi connectivity index (χ0v) is 19.4. The minimum atomic E-state index is -3.44. The molecule has 0 amide bonds. The lowest BCUT2D eigenvalue weighted by atomic mass is 10.1. The molecule has 0 aliphatic rings. The van der Waals surface area contributed by atoms with Gasteiger partial charge in [0.1, 0.15) is 0 Å². The average Bonchev–Trinajstić information content (AvgIpc) is 2.60. The summed E-state index contributed by atoms with van der Waals surface area (Å²) in [5.74, 6) is 0.260. The van der Waals surface area contributed by atoms with E-state index in [-0.39, 0.29) is 40.9 Å². The lowest BCUT2D eigenvalue weighted by Crippen LogP contribution is -2.34. The highest BCUT2D eigenvalue weighted by Crippen LogP contribution is 2.25. The van der Waals surface area contributed by atoms with Gasteiger partial charge in [-0.05, 0) is 49.4 Å². The number of nitrogens with zero attached hydrogens (tertiary/aromatic N) is 1. The van der Waals surface area contributed by atoms with Crippen molar-refractivity contribution in [2.75, 3.05) is 7.05 Å². The molecular formula is C17H21Cl2IN4O2S. The van der Waals surface area contributed by atoms with E-state index in [0.717, 1.165) is 11.1 Å². The molecule has 0 spiro atoms. The lowest BCUT2D eigenvalue weighted by Gasteiger charge is -2.16. The quantitative estimate of drug-likeness (QED) is 0.295. The summed E-state index contributed by atoms with van der Waals surface area (Å²) in [6, 6.07) is 11.6. The van der Waals surface area contributed by atoms with Crippen LogP contribution in [0.5, 0.6) is 0 Å². The molecule has 0 aliphatic carbocycles. The number of hydrogen-bond donors (Lipinski definition) is 3. The van der Waals surface area contributed by atoms with Gasteiger partial charge in [0.25, 0.3) is 0 Å². The van der Waals surface area contributed by atoms with Crippen LogP contribution in [-0.2, 0) is 16.6 Å². The van der Waals surface area contributed by atoms with Crippen LogP contribution in [0.25, 0.3) is 0 Å². The van der Waals surface area contributed by atoms with Crippen molar-refractivity contribution >= 4 is 63.2 Å². The minimum Gasteiger partial charge on any atom is -0.370 e. The number of halogens is 3. The van der Waals surface area contributed by atoms with Crippen LogP contribution in [-0.4, -0.2) is 21.4 Å². The number of aliphatic imine (C=N–C) groups is 1. The molecule has 148 valence electrons. The molecule has 0 bridgehead atoms. The SMILES string of the molecule is CNS(=O)(=O)c1ccc(CN=C(N)NC(C)c2ccc(Cl)cc2Cl)cc1.I. The van der Waals surface area contributed by atoms with E-state index in [1.807, 2.05) is 13.0 Å². The van der Waals surface area contributed by atoms with Crippen molar-refractivity contribution in [3.05, 3.63) is 63.6 Å². The lowest BCUT2D eigenvalue weighted by molar-refractivity contribution is 0.588. The van der Waals surface area contributed by atoms with E-state index in [9.17, 15) is 8.42 Å². The van der Waals surface area contributed by atoms with E-state index in [1.165, 1.54) is 19.2 Å². The first kappa shape index (κ1) is 24.0. The second-order valence-electron chi connectivity index (χ2n) is 5.58. The zero-order chi connectivity index (χ0) is 19.3. The van der Waals surface area contributed by atoms with Gasteiger partial charge >= 0.3 is 0 Å². The first-order valence-corrected chi connectivity index (χ1v) is 10.0. The summed E-state index contributed by atoms with van der Waals surface area (Å²) in [4.78, 5) is 4.47. The molecule has 0 fully saturated rings. The molecule has 2 aromatic rings. The van der Waals surface area contributed by atoms with Gasteiger partial charge in [0.05, 0.1) is 17.5 Å². The van der Waals surface area contributed by atoms with Crippen molar-refractivity contribution < 1.29 is 8.42 Å². The largest absolute Gasteiger partial charge is 0.370 e. The number of nitrogens with two attached hydrogens (primary N) is 1. The number of hydrogen-bond acceptors (Lipinski definition) is 3. The van der Waals surface area contributed by atoms with Crippen molar-refractivity contribution in [3.63, 3.8) is 0 Å². The number of guanidine groups is 1. The van der Waals surface area contributed by atoms with Gasteiger partial charge in [-0.2, -0.15) is 0 Å². The maximum atomic E-state index is 11.7. The molecule has 4 N–H and O–H groups in total. The minimum absolute atomic E-state index is 0. The van der Waals surface area contributed by atoms with E-state index in [2.05, 4.69) is 15.0 Å². The monoisotopic (exact) mass is 542 g/mol. The Morgan fingerprint density at radius 3 is 2.37 bits per heavy atom. The molecule has 2 rings (SSSR count). The van der Waals surface area contributed by atoms with Crippen LogP contribution in [0.4, 0.5) is 0 Å². The second-order valence-corrected chi connectivity index (χ2v) is 8.32. The van der Waals surface area contributed by atoms with Crippen LogP contribution >= 0.6 is 47.2 Å². The third kappa shape index (κ3) is 6.79. The Morgan fingerprint density at radius 2 is 1.81 bits per heavy atom. The normalized spacial score (nSPS) is 13.0. The topological polar surface area (TPSA) is 96.6 Å². The van der Waals surface area contributed by atoms with Crippen LogP contribution in [0.2, 0.25) is 10.0 Å². The van der Waals surface area contributed by atoms with Gasteiger partial charge in [-0.25, -0.2) is 18.1 Å². The van der Waals surface area contributed by atoms with Crippen LogP contribution < -0.4 is 15.8 Å². The highest BCUT2D eigenvalue weighted by atomic mass is 127. The molecule has 27 heavy (non-hydrogen) atoms. The Morgan fingerprint density at radius 1 is 1.19 bits per heavy atom. The molecule has 0 saturated heterocycles. The highest BCUT2D eigenvalue weighted by Gasteiger charge is 2.12. The van der Waals surface area contributed by atoms with E-state index in [1.54, 1.807) is 24.3 Å². The smallest absolute Gasteiger partial charge is 0.240 e. The maximum absolute atomic E-state index is 11.7. The molecule has 1 unspecified atom stereocenters. The Kier molecular flexibility index (Phi) is 9.29. The molecule has 10 heteroatoms. The van der Waals surface area contributed by atoms with Gasteiger partial charge in [-0.15, -0.1) is 24.0 Å². The maximum Gasteiger partial charge on any atom is 0.240 e. The summed E-state index contributed by atoms with van der Waals surface area (Å²) >= 11 is 12.1. The molecule has 0 heterocycles. The third-order valence-corrected chi connectivity index (χ3v) is 5.72. The van der Waals surface area contributed by atoms with Gasteiger partial charge in [-0.3, -0.25) is 0 Å². The number of rotatable bonds is 6. The van der Waals surface area contributed by atoms with Crippen LogP contribution in [0.1, 0.15) is 24.1 Å². The molecule has 2 aromatic carbocycles. The standard InChI is InChI=1S/C17H20Cl2N4O2S.HI/c1-11(15-8-5-13(18)9-16(15)19)23-17(20)22-10-12-3-6-14(7-4-12)26(24,25)21-2;/h3-9,11,21H,10H2,1-2H3,(H3,20,22,23);1H. The zero-order valence-electron chi connectivity index (χ0n) is 14.7. The fraction of sp³-hybridized carbons (Fsp3) is 0.235. The van der Waals surface area contributed by atoms with E-state index in [0.29, 0.717) is 16.6 Å². The van der Waals surface area contributed by atoms with E-state index in [4.69, 9.17) is 28.9 Å². The summed E-state index contributed by atoms with van der Waals surface area (Å²) in [7, 11) is -2.08. The summed E-state index contributed by atoms with van der Waals surface area (Å²) in [5.41, 5.74) is 7.62. The number of benzene rings is 2. The number of sulfonamides is 1. The molecule has 0 aliphatic heterocycles. The molecule has 0 saturated carbocycles. The Bertz CT molecular complexity index is 906. The van der Waals surface area contributed by atoms with Gasteiger partial charge in [0.15, 0.2) is 5.96 Å². The highest BCUT2D eigenvalue weighted by molar-refractivity contribution is 14.0. The van der Waals surface area contributed by atoms with Gasteiger partial charge in [-0.1, -0.05) is 41.4 Å². The van der Waals surface area contributed by atoms with Crippen molar-refractivity contribution in [1.29, 1.82) is 0 Å². The predicted molar refractivity (Wildman–Crippen MR) is 121 cm³/mol. The fourth-order valence-electron chi connectivity index (χ4n) is 2.27.